The van der Waals surface area contributed by atoms with Gasteiger partial charge in [0, 0.05) is 18.0 Å². The number of carboxylic acids is 1. The third kappa shape index (κ3) is 2.57. The van der Waals surface area contributed by atoms with Gasteiger partial charge in [-0.3, -0.25) is 4.98 Å². The van der Waals surface area contributed by atoms with Gasteiger partial charge >= 0.3 is 5.97 Å². The van der Waals surface area contributed by atoms with Crippen LogP contribution in [0, 0.1) is 0 Å². The van der Waals surface area contributed by atoms with Crippen molar-refractivity contribution in [2.24, 2.45) is 0 Å². The van der Waals surface area contributed by atoms with Crippen LogP contribution in [-0.4, -0.2) is 22.2 Å². The summed E-state index contributed by atoms with van der Waals surface area (Å²) in [7, 11) is 0. The van der Waals surface area contributed by atoms with Crippen LogP contribution < -0.4 is 4.74 Å². The van der Waals surface area contributed by atoms with Crippen LogP contribution >= 0.6 is 0 Å². The molecule has 4 nitrogen and oxygen atoms in total. The Morgan fingerprint density at radius 1 is 1.41 bits per heavy atom. The van der Waals surface area contributed by atoms with Gasteiger partial charge in [0.2, 0.25) is 0 Å². The van der Waals surface area contributed by atoms with Gasteiger partial charge in [-0.2, -0.15) is 0 Å². The van der Waals surface area contributed by atoms with E-state index in [1.165, 1.54) is 6.20 Å². The molecule has 2 rings (SSSR count). The fourth-order valence-electron chi connectivity index (χ4n) is 1.61. The highest BCUT2D eigenvalue weighted by atomic mass is 16.5. The normalized spacial score (nSPS) is 15.7. The number of hydrogen-bond acceptors (Lipinski definition) is 3. The van der Waals surface area contributed by atoms with Gasteiger partial charge in [0.1, 0.15) is 11.3 Å². The summed E-state index contributed by atoms with van der Waals surface area (Å²) in [6.45, 7) is 6.07. The number of pyridine rings is 1. The zero-order valence-electron chi connectivity index (χ0n) is 10.4. The second kappa shape index (κ2) is 4.02. The number of carboxylic acid groups (broad SMARTS) is 1. The number of carbonyl (C=O) groups is 1. The van der Waals surface area contributed by atoms with Gasteiger partial charge in [-0.05, 0) is 18.3 Å². The average molecular weight is 235 g/mol. The van der Waals surface area contributed by atoms with Crippen molar-refractivity contribution in [2.75, 3.05) is 0 Å². The lowest BCUT2D eigenvalue weighted by molar-refractivity contribution is 0.0691. The summed E-state index contributed by atoms with van der Waals surface area (Å²) >= 11 is 0. The van der Waals surface area contributed by atoms with Crippen LogP contribution in [0.15, 0.2) is 12.4 Å². The molecule has 17 heavy (non-hydrogen) atoms. The summed E-state index contributed by atoms with van der Waals surface area (Å²) in [5.41, 5.74) is 0.830. The van der Waals surface area contributed by atoms with Crippen molar-refractivity contribution in [3.8, 4) is 5.75 Å². The largest absolute Gasteiger partial charge is 0.489 e. The molecule has 0 saturated heterocycles. The van der Waals surface area contributed by atoms with E-state index >= 15 is 0 Å². The van der Waals surface area contributed by atoms with Crippen molar-refractivity contribution >= 4 is 5.97 Å². The van der Waals surface area contributed by atoms with Crippen molar-refractivity contribution in [3.63, 3.8) is 0 Å². The molecule has 1 fully saturated rings. The zero-order chi connectivity index (χ0) is 12.6. The molecule has 1 aliphatic carbocycles. The molecule has 4 heteroatoms. The van der Waals surface area contributed by atoms with E-state index in [1.54, 1.807) is 6.20 Å². The highest BCUT2D eigenvalue weighted by molar-refractivity contribution is 5.91. The van der Waals surface area contributed by atoms with E-state index in [-0.39, 0.29) is 17.1 Å². The zero-order valence-corrected chi connectivity index (χ0v) is 10.4. The van der Waals surface area contributed by atoms with Gasteiger partial charge in [-0.25, -0.2) is 4.79 Å². The number of hydrogen-bond donors (Lipinski definition) is 1. The predicted molar refractivity (Wildman–Crippen MR) is 63.5 cm³/mol. The van der Waals surface area contributed by atoms with Crippen molar-refractivity contribution in [1.29, 1.82) is 0 Å². The maximum atomic E-state index is 11.2. The van der Waals surface area contributed by atoms with Crippen LogP contribution in [0.1, 0.15) is 49.5 Å². The van der Waals surface area contributed by atoms with Gasteiger partial charge < -0.3 is 9.84 Å². The van der Waals surface area contributed by atoms with Crippen LogP contribution in [0.5, 0.6) is 5.75 Å². The van der Waals surface area contributed by atoms with Crippen molar-refractivity contribution in [2.45, 2.75) is 45.1 Å². The lowest BCUT2D eigenvalue weighted by Crippen LogP contribution is -2.17. The van der Waals surface area contributed by atoms with Crippen LogP contribution in [0.4, 0.5) is 0 Å². The highest BCUT2D eigenvalue weighted by Crippen LogP contribution is 2.37. The Balaban J connectivity index is 2.49. The molecule has 1 aromatic rings. The van der Waals surface area contributed by atoms with E-state index in [1.807, 2.05) is 20.8 Å². The third-order valence-electron chi connectivity index (χ3n) is 2.74. The average Bonchev–Trinajstić information content (AvgIpc) is 3.00. The summed E-state index contributed by atoms with van der Waals surface area (Å²) in [5.74, 6) is -0.498. The Kier molecular flexibility index (Phi) is 2.81. The molecule has 1 saturated carbocycles. The van der Waals surface area contributed by atoms with Crippen LogP contribution in [-0.2, 0) is 5.41 Å². The van der Waals surface area contributed by atoms with Crippen LogP contribution in [0.25, 0.3) is 0 Å². The monoisotopic (exact) mass is 235 g/mol. The predicted octanol–water partition coefficient (Wildman–Crippen LogP) is 2.62. The van der Waals surface area contributed by atoms with Crippen LogP contribution in [0.3, 0.4) is 0 Å². The Hall–Kier alpha value is -1.58. The van der Waals surface area contributed by atoms with Crippen molar-refractivity contribution < 1.29 is 14.6 Å². The topological polar surface area (TPSA) is 59.4 Å². The van der Waals surface area contributed by atoms with E-state index in [9.17, 15) is 4.79 Å². The molecule has 0 atom stereocenters. The molecule has 92 valence electrons. The van der Waals surface area contributed by atoms with Crippen molar-refractivity contribution in [1.82, 2.24) is 4.98 Å². The molecule has 1 aromatic heterocycles. The summed E-state index contributed by atoms with van der Waals surface area (Å²) in [6.07, 6.45) is 5.24. The first kappa shape index (κ1) is 11.9. The Morgan fingerprint density at radius 3 is 2.53 bits per heavy atom. The van der Waals surface area contributed by atoms with E-state index in [0.717, 1.165) is 18.4 Å². The first-order valence-electron chi connectivity index (χ1n) is 5.78. The molecular weight excluding hydrogens is 218 g/mol. The Morgan fingerprint density at radius 2 is 2.06 bits per heavy atom. The van der Waals surface area contributed by atoms with Crippen LogP contribution in [0.2, 0.25) is 0 Å². The van der Waals surface area contributed by atoms with Gasteiger partial charge in [0.05, 0.1) is 6.10 Å². The lowest BCUT2D eigenvalue weighted by Gasteiger charge is -2.23. The molecule has 1 N–H and O–H groups in total. The number of rotatable bonds is 3. The molecule has 0 spiro atoms. The molecular formula is C13H17NO3. The fraction of sp³-hybridized carbons (Fsp3) is 0.538. The van der Waals surface area contributed by atoms with Gasteiger partial charge in [-0.1, -0.05) is 20.8 Å². The van der Waals surface area contributed by atoms with Gasteiger partial charge in [0.25, 0.3) is 0 Å². The summed E-state index contributed by atoms with van der Waals surface area (Å²) < 4.78 is 5.75. The van der Waals surface area contributed by atoms with Gasteiger partial charge in [0.15, 0.2) is 0 Å². The number of aromatic nitrogens is 1. The third-order valence-corrected chi connectivity index (χ3v) is 2.74. The quantitative estimate of drug-likeness (QED) is 0.874. The standard InChI is InChI=1S/C13H17NO3/c1-13(2,3)10-7-14-6-9(12(15)16)11(10)17-8-4-5-8/h6-8H,4-5H2,1-3H3,(H,15,16). The number of aromatic carboxylic acids is 1. The second-order valence-corrected chi connectivity index (χ2v) is 5.44. The van der Waals surface area contributed by atoms with E-state index in [2.05, 4.69) is 4.98 Å². The first-order valence-corrected chi connectivity index (χ1v) is 5.78. The maximum Gasteiger partial charge on any atom is 0.341 e. The minimum Gasteiger partial charge on any atom is -0.489 e. The molecule has 0 aromatic carbocycles. The smallest absolute Gasteiger partial charge is 0.341 e. The van der Waals surface area contributed by atoms with E-state index in [4.69, 9.17) is 9.84 Å². The van der Waals surface area contributed by atoms with E-state index < -0.39 is 5.97 Å². The molecule has 0 radical (unpaired) electrons. The molecule has 1 aliphatic rings. The Labute approximate surface area is 101 Å². The maximum absolute atomic E-state index is 11.2. The Bertz CT molecular complexity index is 444. The minimum atomic E-state index is -0.987. The minimum absolute atomic E-state index is 0.157. The molecule has 0 unspecified atom stereocenters. The number of ether oxygens (including phenoxy) is 1. The first-order chi connectivity index (χ1) is 7.89. The summed E-state index contributed by atoms with van der Waals surface area (Å²) in [5, 5.41) is 9.17. The molecule has 0 aliphatic heterocycles. The summed E-state index contributed by atoms with van der Waals surface area (Å²) in [4.78, 5) is 15.2. The number of nitrogens with zero attached hydrogens (tertiary/aromatic N) is 1. The second-order valence-electron chi connectivity index (χ2n) is 5.44. The molecule has 1 heterocycles. The highest BCUT2D eigenvalue weighted by Gasteiger charge is 2.30. The SMILES string of the molecule is CC(C)(C)c1cncc(C(=O)O)c1OC1CC1. The fourth-order valence-corrected chi connectivity index (χ4v) is 1.61. The summed E-state index contributed by atoms with van der Waals surface area (Å²) in [6, 6.07) is 0. The lowest BCUT2D eigenvalue weighted by atomic mass is 9.86. The molecule has 0 bridgehead atoms. The molecule has 0 amide bonds. The van der Waals surface area contributed by atoms with E-state index in [0.29, 0.717) is 5.75 Å². The van der Waals surface area contributed by atoms with Crippen molar-refractivity contribution in [3.05, 3.63) is 23.5 Å². The van der Waals surface area contributed by atoms with Gasteiger partial charge in [-0.15, -0.1) is 0 Å².